The first-order valence-electron chi connectivity index (χ1n) is 4.57. The summed E-state index contributed by atoms with van der Waals surface area (Å²) in [5, 5.41) is 17.9. The third-order valence-corrected chi connectivity index (χ3v) is 2.12. The Balaban J connectivity index is 2.74. The molecule has 0 aliphatic rings. The van der Waals surface area contributed by atoms with Gasteiger partial charge >= 0.3 is 0 Å². The molecule has 0 bridgehead atoms. The highest BCUT2D eigenvalue weighted by Gasteiger charge is 2.12. The number of hydrogen-bond acceptors (Lipinski definition) is 4. The molecule has 0 spiro atoms. The summed E-state index contributed by atoms with van der Waals surface area (Å²) in [4.78, 5) is 7.72. The minimum Gasteiger partial charge on any atom is -0.225 e. The van der Waals surface area contributed by atoms with Crippen LogP contribution in [0.5, 0.6) is 0 Å². The lowest BCUT2D eigenvalue weighted by molar-refractivity contribution is 1.12. The fraction of sp³-hybridized carbons (Fsp3) is 0. The fourth-order valence-electron chi connectivity index (χ4n) is 1.43. The van der Waals surface area contributed by atoms with E-state index in [9.17, 15) is 0 Å². The largest absolute Gasteiger partial charge is 0.225 e. The van der Waals surface area contributed by atoms with Gasteiger partial charge < -0.3 is 0 Å². The van der Waals surface area contributed by atoms with E-state index >= 15 is 0 Å². The lowest BCUT2D eigenvalue weighted by Gasteiger charge is -2.03. The average molecular weight is 206 g/mol. The Hall–Kier alpha value is -2.72. The van der Waals surface area contributed by atoms with Crippen molar-refractivity contribution in [2.75, 3.05) is 0 Å². The first-order chi connectivity index (χ1) is 7.86. The van der Waals surface area contributed by atoms with E-state index in [2.05, 4.69) is 9.97 Å². The highest BCUT2D eigenvalue weighted by Crippen LogP contribution is 2.23. The number of nitriles is 2. The Kier molecular flexibility index (Phi) is 2.58. The Morgan fingerprint density at radius 1 is 0.875 bits per heavy atom. The first kappa shape index (κ1) is 9.82. The topological polar surface area (TPSA) is 73.4 Å². The van der Waals surface area contributed by atoms with Gasteiger partial charge in [0.2, 0.25) is 0 Å². The summed E-state index contributed by atoms with van der Waals surface area (Å²) in [6.45, 7) is 0. The predicted molar refractivity (Wildman–Crippen MR) is 56.9 cm³/mol. The molecule has 16 heavy (non-hydrogen) atoms. The Bertz CT molecular complexity index is 558. The standard InChI is InChI=1S/C12H6N4/c13-6-10-12(9-4-2-1-3-5-9)11(7-14)16-8-15-10/h1-5,8H. The predicted octanol–water partition coefficient (Wildman–Crippen LogP) is 1.89. The van der Waals surface area contributed by atoms with Gasteiger partial charge in [0, 0.05) is 0 Å². The molecule has 74 valence electrons. The molecule has 0 N–H and O–H groups in total. The van der Waals surface area contributed by atoms with Crippen molar-refractivity contribution < 1.29 is 0 Å². The molecule has 0 saturated carbocycles. The van der Waals surface area contributed by atoms with Gasteiger partial charge in [-0.2, -0.15) is 10.5 Å². The van der Waals surface area contributed by atoms with Crippen LogP contribution in [0.3, 0.4) is 0 Å². The maximum atomic E-state index is 8.95. The van der Waals surface area contributed by atoms with Crippen molar-refractivity contribution in [3.8, 4) is 23.3 Å². The molecule has 0 saturated heterocycles. The summed E-state index contributed by atoms with van der Waals surface area (Å²) in [7, 11) is 0. The van der Waals surface area contributed by atoms with Gasteiger partial charge in [0.25, 0.3) is 0 Å². The van der Waals surface area contributed by atoms with Crippen molar-refractivity contribution >= 4 is 0 Å². The molecule has 0 amide bonds. The lowest BCUT2D eigenvalue weighted by atomic mass is 10.0. The Labute approximate surface area is 92.4 Å². The van der Waals surface area contributed by atoms with Crippen LogP contribution in [-0.4, -0.2) is 9.97 Å². The van der Waals surface area contributed by atoms with Gasteiger partial charge in [0.15, 0.2) is 11.4 Å². The van der Waals surface area contributed by atoms with Crippen LogP contribution in [-0.2, 0) is 0 Å². The van der Waals surface area contributed by atoms with E-state index in [0.717, 1.165) is 5.56 Å². The SMILES string of the molecule is N#Cc1ncnc(C#N)c1-c1ccccc1. The monoisotopic (exact) mass is 206 g/mol. The minimum atomic E-state index is 0.220. The third kappa shape index (κ3) is 1.60. The maximum Gasteiger partial charge on any atom is 0.153 e. The second-order valence-electron chi connectivity index (χ2n) is 3.04. The van der Waals surface area contributed by atoms with Gasteiger partial charge in [-0.25, -0.2) is 9.97 Å². The van der Waals surface area contributed by atoms with Gasteiger partial charge in [-0.3, -0.25) is 0 Å². The van der Waals surface area contributed by atoms with Crippen molar-refractivity contribution in [1.29, 1.82) is 10.5 Å². The molecule has 0 radical (unpaired) electrons. The quantitative estimate of drug-likeness (QED) is 0.714. The molecular weight excluding hydrogens is 200 g/mol. The number of nitrogens with zero attached hydrogens (tertiary/aromatic N) is 4. The molecule has 0 atom stereocenters. The van der Waals surface area contributed by atoms with Gasteiger partial charge in [-0.15, -0.1) is 0 Å². The summed E-state index contributed by atoms with van der Waals surface area (Å²) >= 11 is 0. The second-order valence-corrected chi connectivity index (χ2v) is 3.04. The van der Waals surface area contributed by atoms with Crippen LogP contribution in [0.1, 0.15) is 11.4 Å². The second kappa shape index (κ2) is 4.20. The molecule has 0 fully saturated rings. The normalized spacial score (nSPS) is 9.12. The summed E-state index contributed by atoms with van der Waals surface area (Å²) in [6, 6.07) is 13.1. The number of benzene rings is 1. The summed E-state index contributed by atoms with van der Waals surface area (Å²) in [5.41, 5.74) is 1.71. The molecule has 2 aromatic rings. The zero-order valence-corrected chi connectivity index (χ0v) is 8.25. The van der Waals surface area contributed by atoms with E-state index in [1.54, 1.807) is 0 Å². The smallest absolute Gasteiger partial charge is 0.153 e. The molecule has 2 rings (SSSR count). The molecule has 1 aromatic heterocycles. The van der Waals surface area contributed by atoms with Crippen LogP contribution in [0.2, 0.25) is 0 Å². The summed E-state index contributed by atoms with van der Waals surface area (Å²) < 4.78 is 0. The van der Waals surface area contributed by atoms with Crippen molar-refractivity contribution in [3.63, 3.8) is 0 Å². The van der Waals surface area contributed by atoms with Crippen LogP contribution < -0.4 is 0 Å². The highest BCUT2D eigenvalue weighted by atomic mass is 14.8. The van der Waals surface area contributed by atoms with E-state index in [-0.39, 0.29) is 11.4 Å². The van der Waals surface area contributed by atoms with E-state index < -0.39 is 0 Å². The van der Waals surface area contributed by atoms with Crippen LogP contribution in [0.15, 0.2) is 36.7 Å². The molecule has 1 aromatic carbocycles. The number of aromatic nitrogens is 2. The molecular formula is C12H6N4. The fourth-order valence-corrected chi connectivity index (χ4v) is 1.43. The van der Waals surface area contributed by atoms with Crippen LogP contribution in [0, 0.1) is 22.7 Å². The molecule has 1 heterocycles. The molecule has 0 aliphatic carbocycles. The Morgan fingerprint density at radius 2 is 1.44 bits per heavy atom. The first-order valence-corrected chi connectivity index (χ1v) is 4.57. The van der Waals surface area contributed by atoms with E-state index in [4.69, 9.17) is 10.5 Å². The van der Waals surface area contributed by atoms with Crippen LogP contribution in [0.4, 0.5) is 0 Å². The van der Waals surface area contributed by atoms with Gasteiger partial charge in [-0.05, 0) is 5.56 Å². The molecule has 4 nitrogen and oxygen atoms in total. The third-order valence-electron chi connectivity index (χ3n) is 2.12. The van der Waals surface area contributed by atoms with Gasteiger partial charge in [0.1, 0.15) is 18.5 Å². The van der Waals surface area contributed by atoms with Crippen molar-refractivity contribution in [1.82, 2.24) is 9.97 Å². The summed E-state index contributed by atoms with van der Waals surface area (Å²) in [6.07, 6.45) is 1.23. The summed E-state index contributed by atoms with van der Waals surface area (Å²) in [5.74, 6) is 0. The van der Waals surface area contributed by atoms with Gasteiger partial charge in [0.05, 0.1) is 5.56 Å². The van der Waals surface area contributed by atoms with Crippen LogP contribution in [0.25, 0.3) is 11.1 Å². The molecule has 0 aliphatic heterocycles. The minimum absolute atomic E-state index is 0.220. The lowest BCUT2D eigenvalue weighted by Crippen LogP contribution is -1.96. The van der Waals surface area contributed by atoms with Crippen molar-refractivity contribution in [2.45, 2.75) is 0 Å². The van der Waals surface area contributed by atoms with Crippen LogP contribution >= 0.6 is 0 Å². The number of hydrogen-bond donors (Lipinski definition) is 0. The number of rotatable bonds is 1. The highest BCUT2D eigenvalue weighted by molar-refractivity contribution is 5.73. The maximum absolute atomic E-state index is 8.95. The van der Waals surface area contributed by atoms with E-state index in [1.165, 1.54) is 6.33 Å². The zero-order valence-electron chi connectivity index (χ0n) is 8.25. The Morgan fingerprint density at radius 3 is 1.94 bits per heavy atom. The molecule has 0 unspecified atom stereocenters. The average Bonchev–Trinajstić information content (AvgIpc) is 2.38. The van der Waals surface area contributed by atoms with Gasteiger partial charge in [-0.1, -0.05) is 30.3 Å². The van der Waals surface area contributed by atoms with E-state index in [0.29, 0.717) is 5.56 Å². The molecule has 4 heteroatoms. The zero-order chi connectivity index (χ0) is 11.4. The van der Waals surface area contributed by atoms with Crippen molar-refractivity contribution in [3.05, 3.63) is 48.0 Å². The van der Waals surface area contributed by atoms with E-state index in [1.807, 2.05) is 42.5 Å². The van der Waals surface area contributed by atoms with Crippen molar-refractivity contribution in [2.24, 2.45) is 0 Å².